The average molecular weight is 269 g/mol. The number of para-hydroxylation sites is 1. The third-order valence-corrected chi connectivity index (χ3v) is 4.08. The number of rotatable bonds is 3. The van der Waals surface area contributed by atoms with Crippen LogP contribution >= 0.6 is 0 Å². The summed E-state index contributed by atoms with van der Waals surface area (Å²) in [6, 6.07) is 17.8. The van der Waals surface area contributed by atoms with Crippen LogP contribution in [0.4, 0.5) is 15.8 Å². The normalized spacial score (nSPS) is 16.1. The van der Waals surface area contributed by atoms with Gasteiger partial charge in [0.15, 0.2) is 0 Å². The summed E-state index contributed by atoms with van der Waals surface area (Å²) in [4.78, 5) is 2.37. The molecule has 104 valence electrons. The van der Waals surface area contributed by atoms with Gasteiger partial charge < -0.3 is 4.90 Å². The average Bonchev–Trinajstić information content (AvgIpc) is 2.52. The zero-order chi connectivity index (χ0) is 13.8. The van der Waals surface area contributed by atoms with Crippen molar-refractivity contribution >= 4 is 11.4 Å². The number of hydrogen-bond acceptors (Lipinski definition) is 1. The summed E-state index contributed by atoms with van der Waals surface area (Å²) in [6.45, 7) is 0. The molecule has 1 fully saturated rings. The van der Waals surface area contributed by atoms with E-state index in [1.807, 2.05) is 18.2 Å². The Morgan fingerprint density at radius 2 is 1.35 bits per heavy atom. The molecule has 1 aliphatic rings. The van der Waals surface area contributed by atoms with Gasteiger partial charge in [0, 0.05) is 17.4 Å². The van der Waals surface area contributed by atoms with Crippen LogP contribution in [0.15, 0.2) is 54.6 Å². The van der Waals surface area contributed by atoms with E-state index < -0.39 is 0 Å². The van der Waals surface area contributed by atoms with Crippen LogP contribution in [0.3, 0.4) is 0 Å². The van der Waals surface area contributed by atoms with E-state index in [-0.39, 0.29) is 5.82 Å². The fourth-order valence-corrected chi connectivity index (χ4v) is 3.10. The van der Waals surface area contributed by atoms with Gasteiger partial charge in [-0.3, -0.25) is 0 Å². The first-order valence-corrected chi connectivity index (χ1v) is 7.44. The van der Waals surface area contributed by atoms with E-state index in [4.69, 9.17) is 0 Å². The molecule has 1 nitrogen and oxygen atoms in total. The minimum atomic E-state index is -0.176. The molecule has 0 N–H and O–H groups in total. The maximum absolute atomic E-state index is 13.2. The van der Waals surface area contributed by atoms with Crippen LogP contribution < -0.4 is 4.90 Å². The second-order valence-corrected chi connectivity index (χ2v) is 5.47. The van der Waals surface area contributed by atoms with Gasteiger partial charge in [0.05, 0.1) is 0 Å². The fourth-order valence-electron chi connectivity index (χ4n) is 3.10. The van der Waals surface area contributed by atoms with Crippen molar-refractivity contribution in [3.05, 3.63) is 60.4 Å². The maximum Gasteiger partial charge on any atom is 0.123 e. The lowest BCUT2D eigenvalue weighted by Crippen LogP contribution is -2.32. The van der Waals surface area contributed by atoms with E-state index >= 15 is 0 Å². The minimum Gasteiger partial charge on any atom is -0.338 e. The summed E-state index contributed by atoms with van der Waals surface area (Å²) in [7, 11) is 0. The number of benzene rings is 2. The maximum atomic E-state index is 13.2. The van der Waals surface area contributed by atoms with Crippen molar-refractivity contribution < 1.29 is 4.39 Å². The highest BCUT2D eigenvalue weighted by molar-refractivity contribution is 5.64. The number of nitrogens with zero attached hydrogens (tertiary/aromatic N) is 1. The molecule has 0 aliphatic heterocycles. The summed E-state index contributed by atoms with van der Waals surface area (Å²) in [5.74, 6) is -0.176. The summed E-state index contributed by atoms with van der Waals surface area (Å²) in [5.41, 5.74) is 2.29. The summed E-state index contributed by atoms with van der Waals surface area (Å²) >= 11 is 0. The first-order valence-electron chi connectivity index (χ1n) is 7.44. The van der Waals surface area contributed by atoms with E-state index in [1.54, 1.807) is 12.1 Å². The van der Waals surface area contributed by atoms with Gasteiger partial charge in [-0.1, -0.05) is 37.5 Å². The van der Waals surface area contributed by atoms with Gasteiger partial charge in [-0.25, -0.2) is 4.39 Å². The minimum absolute atomic E-state index is 0.176. The van der Waals surface area contributed by atoms with Crippen molar-refractivity contribution in [3.8, 4) is 0 Å². The van der Waals surface area contributed by atoms with Gasteiger partial charge in [-0.2, -0.15) is 0 Å². The van der Waals surface area contributed by atoms with Crippen molar-refractivity contribution in [2.45, 2.75) is 38.1 Å². The second-order valence-electron chi connectivity index (χ2n) is 5.47. The lowest BCUT2D eigenvalue weighted by Gasteiger charge is -2.36. The zero-order valence-electron chi connectivity index (χ0n) is 11.6. The van der Waals surface area contributed by atoms with E-state index in [9.17, 15) is 4.39 Å². The molecular formula is C18H20FN. The van der Waals surface area contributed by atoms with Crippen LogP contribution in [0.2, 0.25) is 0 Å². The molecular weight excluding hydrogens is 249 g/mol. The molecule has 1 saturated carbocycles. The van der Waals surface area contributed by atoms with Crippen LogP contribution in [-0.4, -0.2) is 6.04 Å². The first-order chi connectivity index (χ1) is 9.84. The molecule has 2 aromatic rings. The summed E-state index contributed by atoms with van der Waals surface area (Å²) in [5, 5.41) is 0. The topological polar surface area (TPSA) is 3.24 Å². The van der Waals surface area contributed by atoms with Gasteiger partial charge >= 0.3 is 0 Å². The Morgan fingerprint density at radius 1 is 0.750 bits per heavy atom. The SMILES string of the molecule is Fc1ccc(N(c2ccccc2)C2CCCCC2)cc1. The van der Waals surface area contributed by atoms with Crippen molar-refractivity contribution in [1.29, 1.82) is 0 Å². The second kappa shape index (κ2) is 6.08. The highest BCUT2D eigenvalue weighted by Crippen LogP contribution is 2.33. The summed E-state index contributed by atoms with van der Waals surface area (Å²) < 4.78 is 13.2. The Balaban J connectivity index is 1.96. The largest absolute Gasteiger partial charge is 0.338 e. The van der Waals surface area contributed by atoms with E-state index in [0.29, 0.717) is 6.04 Å². The standard InChI is InChI=1S/C18H20FN/c19-15-11-13-18(14-12-15)20(16-7-3-1-4-8-16)17-9-5-2-6-10-17/h1,3-4,7-8,11-14,17H,2,5-6,9-10H2. The number of hydrogen-bond donors (Lipinski definition) is 0. The molecule has 3 rings (SSSR count). The quantitative estimate of drug-likeness (QED) is 0.731. The molecule has 0 aromatic heterocycles. The molecule has 0 amide bonds. The fraction of sp³-hybridized carbons (Fsp3) is 0.333. The molecule has 1 aliphatic carbocycles. The highest BCUT2D eigenvalue weighted by Gasteiger charge is 2.22. The first kappa shape index (κ1) is 13.2. The van der Waals surface area contributed by atoms with Crippen molar-refractivity contribution in [1.82, 2.24) is 0 Å². The van der Waals surface area contributed by atoms with Crippen LogP contribution in [0, 0.1) is 5.82 Å². The lowest BCUT2D eigenvalue weighted by molar-refractivity contribution is 0.436. The lowest BCUT2D eigenvalue weighted by atomic mass is 9.93. The Bertz CT molecular complexity index is 529. The molecule has 20 heavy (non-hydrogen) atoms. The van der Waals surface area contributed by atoms with Crippen LogP contribution in [-0.2, 0) is 0 Å². The molecule has 0 unspecified atom stereocenters. The van der Waals surface area contributed by atoms with Crippen molar-refractivity contribution in [2.75, 3.05) is 4.90 Å². The summed E-state index contributed by atoms with van der Waals surface area (Å²) in [6.07, 6.45) is 6.34. The Kier molecular flexibility index (Phi) is 4.00. The molecule has 0 spiro atoms. The molecule has 2 aromatic carbocycles. The van der Waals surface area contributed by atoms with Crippen LogP contribution in [0.5, 0.6) is 0 Å². The monoisotopic (exact) mass is 269 g/mol. The predicted molar refractivity (Wildman–Crippen MR) is 81.9 cm³/mol. The van der Waals surface area contributed by atoms with Gasteiger partial charge in [-0.05, 0) is 49.2 Å². The third kappa shape index (κ3) is 2.84. The third-order valence-electron chi connectivity index (χ3n) is 4.08. The van der Waals surface area contributed by atoms with Gasteiger partial charge in [0.1, 0.15) is 5.82 Å². The zero-order valence-corrected chi connectivity index (χ0v) is 11.6. The predicted octanol–water partition coefficient (Wildman–Crippen LogP) is 5.30. The molecule has 0 saturated heterocycles. The highest BCUT2D eigenvalue weighted by atomic mass is 19.1. The van der Waals surface area contributed by atoms with Gasteiger partial charge in [-0.15, -0.1) is 0 Å². The Morgan fingerprint density at radius 3 is 2.00 bits per heavy atom. The molecule has 2 heteroatoms. The Labute approximate surface area is 120 Å². The molecule has 0 bridgehead atoms. The number of halogens is 1. The van der Waals surface area contributed by atoms with Crippen molar-refractivity contribution in [3.63, 3.8) is 0 Å². The molecule has 0 radical (unpaired) electrons. The van der Waals surface area contributed by atoms with E-state index in [1.165, 1.54) is 37.8 Å². The van der Waals surface area contributed by atoms with E-state index in [2.05, 4.69) is 29.2 Å². The van der Waals surface area contributed by atoms with Crippen LogP contribution in [0.1, 0.15) is 32.1 Å². The molecule has 0 heterocycles. The van der Waals surface area contributed by atoms with Gasteiger partial charge in [0.2, 0.25) is 0 Å². The van der Waals surface area contributed by atoms with E-state index in [0.717, 1.165) is 5.69 Å². The smallest absolute Gasteiger partial charge is 0.123 e. The van der Waals surface area contributed by atoms with Crippen LogP contribution in [0.25, 0.3) is 0 Å². The molecule has 0 atom stereocenters. The van der Waals surface area contributed by atoms with Crippen molar-refractivity contribution in [2.24, 2.45) is 0 Å². The number of anilines is 2. The Hall–Kier alpha value is -1.83. The van der Waals surface area contributed by atoms with Gasteiger partial charge in [0.25, 0.3) is 0 Å².